The average Bonchev–Trinajstić information content (AvgIpc) is 2.68. The second-order valence-electron chi connectivity index (χ2n) is 8.81. The van der Waals surface area contributed by atoms with Crippen molar-refractivity contribution in [3.63, 3.8) is 0 Å². The normalized spacial score (nSPS) is 14.0. The van der Waals surface area contributed by atoms with Gasteiger partial charge >= 0.3 is 10.4 Å². The van der Waals surface area contributed by atoms with E-state index in [0.29, 0.717) is 43.8 Å². The van der Waals surface area contributed by atoms with E-state index >= 15 is 0 Å². The van der Waals surface area contributed by atoms with Crippen molar-refractivity contribution in [2.45, 2.75) is 60.0 Å². The summed E-state index contributed by atoms with van der Waals surface area (Å²) in [6.45, 7) is 12.1. The van der Waals surface area contributed by atoms with E-state index in [1.165, 1.54) is 6.42 Å². The predicted octanol–water partition coefficient (Wildman–Crippen LogP) is 3.24. The lowest BCUT2D eigenvalue weighted by Gasteiger charge is -2.21. The first-order valence-electron chi connectivity index (χ1n) is 11.7. The Balaban J connectivity index is 0. The Hall–Kier alpha value is -1.07. The molecular weight excluding hydrogens is 446 g/mol. The molecule has 1 aromatic rings. The molecule has 0 aromatic heterocycles. The Morgan fingerprint density at radius 1 is 0.697 bits per heavy atom. The largest absolute Gasteiger partial charge is 0.397 e. The maximum absolute atomic E-state index is 10.5. The monoisotopic (exact) mass is 493 g/mol. The first-order chi connectivity index (χ1) is 15.4. The van der Waals surface area contributed by atoms with Gasteiger partial charge in [0.05, 0.1) is 25.9 Å². The Morgan fingerprint density at radius 3 is 1.36 bits per heavy atom. The lowest BCUT2D eigenvalue weighted by Crippen LogP contribution is -2.32. The van der Waals surface area contributed by atoms with E-state index in [4.69, 9.17) is 19.9 Å². The Labute approximate surface area is 201 Å². The third-order valence-electron chi connectivity index (χ3n) is 4.61. The molecule has 33 heavy (non-hydrogen) atoms. The molecule has 0 radical (unpaired) electrons. The van der Waals surface area contributed by atoms with Gasteiger partial charge in [0.25, 0.3) is 0 Å². The number of aliphatic hydroxyl groups is 3. The van der Waals surface area contributed by atoms with Crippen LogP contribution in [0, 0.1) is 17.8 Å². The van der Waals surface area contributed by atoms with Gasteiger partial charge in [0, 0.05) is 19.6 Å². The van der Waals surface area contributed by atoms with Crippen molar-refractivity contribution < 1.29 is 32.5 Å². The van der Waals surface area contributed by atoms with E-state index in [1.807, 2.05) is 36.4 Å². The van der Waals surface area contributed by atoms with E-state index in [9.17, 15) is 8.42 Å². The summed E-state index contributed by atoms with van der Waals surface area (Å²) in [4.78, 5) is 1.79. The highest BCUT2D eigenvalue weighted by Gasteiger charge is 2.17. The van der Waals surface area contributed by atoms with Crippen LogP contribution >= 0.6 is 0 Å². The molecular formula is C24H47NO7S. The molecule has 4 N–H and O–H groups in total. The molecule has 0 amide bonds. The average molecular weight is 494 g/mol. The van der Waals surface area contributed by atoms with E-state index in [1.54, 1.807) is 11.8 Å². The lowest BCUT2D eigenvalue weighted by molar-refractivity contribution is 0.136. The molecule has 8 nitrogen and oxygen atoms in total. The fourth-order valence-corrected chi connectivity index (χ4v) is 4.14. The molecule has 0 bridgehead atoms. The summed E-state index contributed by atoms with van der Waals surface area (Å²) in [6.07, 6.45) is 2.41. The van der Waals surface area contributed by atoms with Crippen LogP contribution in [0.2, 0.25) is 0 Å². The summed E-state index contributed by atoms with van der Waals surface area (Å²) >= 11 is 0. The highest BCUT2D eigenvalue weighted by Crippen LogP contribution is 2.23. The van der Waals surface area contributed by atoms with Gasteiger partial charge in [-0.1, -0.05) is 64.1 Å². The topological polar surface area (TPSA) is 128 Å². The number of nitrogens with zero attached hydrogens (tertiary/aromatic N) is 1. The third kappa shape index (κ3) is 27.1. The second kappa shape index (κ2) is 21.5. The smallest absolute Gasteiger partial charge is 0.395 e. The van der Waals surface area contributed by atoms with Crippen molar-refractivity contribution in [1.82, 2.24) is 4.90 Å². The maximum Gasteiger partial charge on any atom is 0.397 e. The number of hydrogen-bond donors (Lipinski definition) is 4. The molecule has 3 unspecified atom stereocenters. The standard InChI is InChI=1S/C12H26O4S.C6H15NO3.C6H6/c1-9(2)6-10(3)7-11(4)8-12(5)16-17(13,14)15;8-4-1-7(2-5-9)3-6-10;1-2-4-6-5-3-1/h9-12H,6-8H2,1-5H3,(H,13,14,15);8-10H,1-6H2;1-6H. The molecule has 0 heterocycles. The third-order valence-corrected chi connectivity index (χ3v) is 5.19. The Morgan fingerprint density at radius 2 is 1.06 bits per heavy atom. The SMILES string of the molecule is CC(C)CC(C)CC(C)CC(C)OS(=O)(=O)O.OCCN(CCO)CCO.c1ccccc1. The van der Waals surface area contributed by atoms with Gasteiger partial charge in [-0.2, -0.15) is 8.42 Å². The van der Waals surface area contributed by atoms with Crippen LogP contribution in [0.1, 0.15) is 53.9 Å². The van der Waals surface area contributed by atoms with Gasteiger partial charge in [-0.05, 0) is 43.9 Å². The summed E-state index contributed by atoms with van der Waals surface area (Å²) in [5, 5.41) is 25.5. The van der Waals surface area contributed by atoms with Gasteiger partial charge in [0.1, 0.15) is 0 Å². The van der Waals surface area contributed by atoms with Gasteiger partial charge < -0.3 is 15.3 Å². The predicted molar refractivity (Wildman–Crippen MR) is 133 cm³/mol. The van der Waals surface area contributed by atoms with E-state index in [0.717, 1.165) is 6.42 Å². The van der Waals surface area contributed by atoms with Crippen LogP contribution in [0.15, 0.2) is 36.4 Å². The van der Waals surface area contributed by atoms with Crippen molar-refractivity contribution in [2.24, 2.45) is 17.8 Å². The molecule has 196 valence electrons. The van der Waals surface area contributed by atoms with Crippen molar-refractivity contribution >= 4 is 10.4 Å². The zero-order valence-corrected chi connectivity index (χ0v) is 21.8. The van der Waals surface area contributed by atoms with E-state index in [2.05, 4.69) is 31.9 Å². The van der Waals surface area contributed by atoms with Crippen LogP contribution in [0.25, 0.3) is 0 Å². The first kappa shape index (κ1) is 34.1. The van der Waals surface area contributed by atoms with Gasteiger partial charge in [-0.25, -0.2) is 4.18 Å². The van der Waals surface area contributed by atoms with Crippen LogP contribution in [-0.4, -0.2) is 78.7 Å². The van der Waals surface area contributed by atoms with Crippen LogP contribution in [0.5, 0.6) is 0 Å². The Kier molecular flexibility index (Phi) is 22.2. The minimum absolute atomic E-state index is 0.0694. The summed E-state index contributed by atoms with van der Waals surface area (Å²) in [5.74, 6) is 1.70. The highest BCUT2D eigenvalue weighted by atomic mass is 32.3. The minimum Gasteiger partial charge on any atom is -0.395 e. The minimum atomic E-state index is -4.32. The van der Waals surface area contributed by atoms with Gasteiger partial charge in [-0.3, -0.25) is 9.45 Å². The lowest BCUT2D eigenvalue weighted by atomic mass is 9.88. The first-order valence-corrected chi connectivity index (χ1v) is 13.0. The summed E-state index contributed by atoms with van der Waals surface area (Å²) < 4.78 is 34.1. The molecule has 3 atom stereocenters. The quantitative estimate of drug-likeness (QED) is 0.291. The van der Waals surface area contributed by atoms with Crippen LogP contribution < -0.4 is 0 Å². The molecule has 0 saturated carbocycles. The number of rotatable bonds is 14. The molecule has 1 aromatic carbocycles. The van der Waals surface area contributed by atoms with Crippen molar-refractivity contribution in [2.75, 3.05) is 39.5 Å². The highest BCUT2D eigenvalue weighted by molar-refractivity contribution is 7.80. The molecule has 0 aliphatic heterocycles. The van der Waals surface area contributed by atoms with E-state index < -0.39 is 16.5 Å². The fourth-order valence-electron chi connectivity index (χ4n) is 3.64. The van der Waals surface area contributed by atoms with Crippen LogP contribution in [-0.2, 0) is 14.6 Å². The van der Waals surface area contributed by atoms with Gasteiger partial charge in [-0.15, -0.1) is 0 Å². The number of aliphatic hydroxyl groups excluding tert-OH is 3. The van der Waals surface area contributed by atoms with Gasteiger partial charge in [0.2, 0.25) is 0 Å². The zero-order chi connectivity index (χ0) is 25.7. The number of hydrogen-bond acceptors (Lipinski definition) is 7. The van der Waals surface area contributed by atoms with Crippen molar-refractivity contribution in [3.05, 3.63) is 36.4 Å². The molecule has 9 heteroatoms. The van der Waals surface area contributed by atoms with Crippen LogP contribution in [0.3, 0.4) is 0 Å². The zero-order valence-electron chi connectivity index (χ0n) is 21.0. The summed E-state index contributed by atoms with van der Waals surface area (Å²) in [7, 11) is -4.32. The summed E-state index contributed by atoms with van der Waals surface area (Å²) in [5.41, 5.74) is 0. The second-order valence-corrected chi connectivity index (χ2v) is 9.86. The molecule has 0 saturated heterocycles. The van der Waals surface area contributed by atoms with E-state index in [-0.39, 0.29) is 19.8 Å². The fraction of sp³-hybridized carbons (Fsp3) is 0.750. The summed E-state index contributed by atoms with van der Waals surface area (Å²) in [6, 6.07) is 12.0. The molecule has 0 aliphatic rings. The maximum atomic E-state index is 10.5. The Bertz CT molecular complexity index is 588. The molecule has 0 spiro atoms. The molecule has 0 aliphatic carbocycles. The van der Waals surface area contributed by atoms with Crippen molar-refractivity contribution in [1.29, 1.82) is 0 Å². The van der Waals surface area contributed by atoms with Gasteiger partial charge in [0.15, 0.2) is 0 Å². The van der Waals surface area contributed by atoms with Crippen molar-refractivity contribution in [3.8, 4) is 0 Å². The number of benzene rings is 1. The molecule has 0 fully saturated rings. The van der Waals surface area contributed by atoms with Crippen LogP contribution in [0.4, 0.5) is 0 Å². The molecule has 1 rings (SSSR count).